The summed E-state index contributed by atoms with van der Waals surface area (Å²) in [6, 6.07) is 5.31. The fraction of sp³-hybridized carbons (Fsp3) is 0.333. The average Bonchev–Trinajstić information content (AvgIpc) is 2.81. The first-order chi connectivity index (χ1) is 5.75. The molecule has 0 saturated heterocycles. The molecule has 2 rings (SSSR count). The first kappa shape index (κ1) is 7.40. The maximum absolute atomic E-state index is 12.7. The maximum atomic E-state index is 12.7. The van der Waals surface area contributed by atoms with Gasteiger partial charge in [0.1, 0.15) is 5.82 Å². The highest BCUT2D eigenvalue weighted by Gasteiger charge is 2.20. The zero-order valence-corrected chi connectivity index (χ0v) is 6.68. The average molecular weight is 166 g/mol. The number of benzene rings is 1. The van der Waals surface area contributed by atoms with Gasteiger partial charge in [0.25, 0.3) is 0 Å². The van der Waals surface area contributed by atoms with E-state index in [1.54, 1.807) is 12.1 Å². The van der Waals surface area contributed by atoms with Crippen LogP contribution in [0.15, 0.2) is 18.2 Å². The normalized spacial score (nSPS) is 16.1. The lowest BCUT2D eigenvalue weighted by Crippen LogP contribution is -2.01. The summed E-state index contributed by atoms with van der Waals surface area (Å²) in [7, 11) is 0. The molecule has 0 spiro atoms. The second-order valence-corrected chi connectivity index (χ2v) is 3.15. The molecule has 3 N–H and O–H groups in total. The molecule has 3 heteroatoms. The minimum Gasteiger partial charge on any atom is -0.396 e. The zero-order chi connectivity index (χ0) is 8.55. The van der Waals surface area contributed by atoms with E-state index in [-0.39, 0.29) is 11.5 Å². The van der Waals surface area contributed by atoms with Gasteiger partial charge in [-0.2, -0.15) is 0 Å². The summed E-state index contributed by atoms with van der Waals surface area (Å²) < 4.78 is 12.7. The van der Waals surface area contributed by atoms with Crippen LogP contribution in [0.4, 0.5) is 15.8 Å². The van der Waals surface area contributed by atoms with Crippen molar-refractivity contribution in [2.75, 3.05) is 11.1 Å². The van der Waals surface area contributed by atoms with E-state index in [1.165, 1.54) is 18.9 Å². The number of hydrogen-bond acceptors (Lipinski definition) is 2. The summed E-state index contributed by atoms with van der Waals surface area (Å²) in [6.45, 7) is 0. The number of rotatable bonds is 2. The van der Waals surface area contributed by atoms with E-state index in [0.717, 1.165) is 5.69 Å². The molecule has 0 unspecified atom stereocenters. The van der Waals surface area contributed by atoms with Gasteiger partial charge in [-0.3, -0.25) is 0 Å². The number of anilines is 2. The van der Waals surface area contributed by atoms with Crippen LogP contribution >= 0.6 is 0 Å². The van der Waals surface area contributed by atoms with E-state index in [0.29, 0.717) is 6.04 Å². The monoisotopic (exact) mass is 166 g/mol. The molecule has 0 aromatic heterocycles. The van der Waals surface area contributed by atoms with E-state index in [9.17, 15) is 4.39 Å². The van der Waals surface area contributed by atoms with Crippen LogP contribution in [-0.4, -0.2) is 6.04 Å². The van der Waals surface area contributed by atoms with Gasteiger partial charge in [-0.15, -0.1) is 0 Å². The number of nitrogen functional groups attached to an aromatic ring is 1. The quantitative estimate of drug-likeness (QED) is 0.659. The van der Waals surface area contributed by atoms with Gasteiger partial charge in [0, 0.05) is 11.7 Å². The van der Waals surface area contributed by atoms with Crippen molar-refractivity contribution in [1.29, 1.82) is 0 Å². The minimum atomic E-state index is -0.351. The number of hydrogen-bond donors (Lipinski definition) is 2. The lowest BCUT2D eigenvalue weighted by atomic mass is 10.2. The molecule has 1 saturated carbocycles. The third-order valence-corrected chi connectivity index (χ3v) is 1.94. The van der Waals surface area contributed by atoms with E-state index < -0.39 is 0 Å². The molecule has 1 fully saturated rings. The van der Waals surface area contributed by atoms with Crippen molar-refractivity contribution in [3.63, 3.8) is 0 Å². The molecule has 0 bridgehead atoms. The highest BCUT2D eigenvalue weighted by molar-refractivity contribution is 5.55. The Morgan fingerprint density at radius 2 is 2.17 bits per heavy atom. The van der Waals surface area contributed by atoms with Crippen LogP contribution < -0.4 is 11.1 Å². The molecule has 1 aromatic rings. The lowest BCUT2D eigenvalue weighted by Gasteiger charge is -2.04. The topological polar surface area (TPSA) is 38.0 Å². The molecule has 1 aromatic carbocycles. The fourth-order valence-corrected chi connectivity index (χ4v) is 1.10. The summed E-state index contributed by atoms with van der Waals surface area (Å²) in [5.41, 5.74) is 6.52. The van der Waals surface area contributed by atoms with Gasteiger partial charge >= 0.3 is 0 Å². The van der Waals surface area contributed by atoms with Gasteiger partial charge in [0.2, 0.25) is 0 Å². The Hall–Kier alpha value is -1.25. The summed E-state index contributed by atoms with van der Waals surface area (Å²) in [6.07, 6.45) is 2.41. The fourth-order valence-electron chi connectivity index (χ4n) is 1.10. The van der Waals surface area contributed by atoms with E-state index in [4.69, 9.17) is 5.73 Å². The largest absolute Gasteiger partial charge is 0.396 e. The first-order valence-electron chi connectivity index (χ1n) is 4.07. The van der Waals surface area contributed by atoms with Gasteiger partial charge in [0.05, 0.1) is 5.69 Å². The molecule has 0 radical (unpaired) electrons. The third kappa shape index (κ3) is 1.49. The highest BCUT2D eigenvalue weighted by Crippen LogP contribution is 2.26. The number of nitrogens with one attached hydrogen (secondary N) is 1. The Labute approximate surface area is 70.6 Å². The summed E-state index contributed by atoms with van der Waals surface area (Å²) in [4.78, 5) is 0. The zero-order valence-electron chi connectivity index (χ0n) is 6.68. The smallest absolute Gasteiger partial charge is 0.146 e. The van der Waals surface area contributed by atoms with Crippen LogP contribution in [0.2, 0.25) is 0 Å². The van der Waals surface area contributed by atoms with E-state index >= 15 is 0 Å². The Morgan fingerprint density at radius 1 is 1.42 bits per heavy atom. The van der Waals surface area contributed by atoms with Crippen LogP contribution in [0.1, 0.15) is 12.8 Å². The summed E-state index contributed by atoms with van der Waals surface area (Å²) in [5.74, 6) is -0.351. The second kappa shape index (κ2) is 2.66. The van der Waals surface area contributed by atoms with Crippen molar-refractivity contribution >= 4 is 11.4 Å². The SMILES string of the molecule is Nc1cc(NC2CC2)ccc1F. The Balaban J connectivity index is 2.15. The number of nitrogens with two attached hydrogens (primary N) is 1. The molecule has 12 heavy (non-hydrogen) atoms. The molecule has 0 aliphatic heterocycles. The first-order valence-corrected chi connectivity index (χ1v) is 4.07. The van der Waals surface area contributed by atoms with E-state index in [1.807, 2.05) is 0 Å². The molecule has 0 amide bonds. The molecule has 1 aliphatic carbocycles. The lowest BCUT2D eigenvalue weighted by molar-refractivity contribution is 0.632. The van der Waals surface area contributed by atoms with E-state index in [2.05, 4.69) is 5.32 Å². The molecule has 64 valence electrons. The summed E-state index contributed by atoms with van der Waals surface area (Å²) >= 11 is 0. The molecule has 0 heterocycles. The molecule has 1 aliphatic rings. The van der Waals surface area contributed by atoms with Gasteiger partial charge < -0.3 is 11.1 Å². The van der Waals surface area contributed by atoms with Crippen LogP contribution in [0, 0.1) is 5.82 Å². The van der Waals surface area contributed by atoms with Crippen LogP contribution in [0.25, 0.3) is 0 Å². The second-order valence-electron chi connectivity index (χ2n) is 3.15. The minimum absolute atomic E-state index is 0.209. The standard InChI is InChI=1S/C9H11FN2/c10-8-4-3-7(5-9(8)11)12-6-1-2-6/h3-6,12H,1-2,11H2. The van der Waals surface area contributed by atoms with Gasteiger partial charge in [0.15, 0.2) is 0 Å². The van der Waals surface area contributed by atoms with Crippen LogP contribution in [0.3, 0.4) is 0 Å². The van der Waals surface area contributed by atoms with Crippen LogP contribution in [0.5, 0.6) is 0 Å². The maximum Gasteiger partial charge on any atom is 0.146 e. The van der Waals surface area contributed by atoms with Crippen LogP contribution in [-0.2, 0) is 0 Å². The van der Waals surface area contributed by atoms with Crippen molar-refractivity contribution < 1.29 is 4.39 Å². The van der Waals surface area contributed by atoms with Crippen molar-refractivity contribution in [2.45, 2.75) is 18.9 Å². The van der Waals surface area contributed by atoms with Crippen molar-refractivity contribution in [2.24, 2.45) is 0 Å². The predicted molar refractivity (Wildman–Crippen MR) is 47.5 cm³/mol. The molecule has 2 nitrogen and oxygen atoms in total. The third-order valence-electron chi connectivity index (χ3n) is 1.94. The highest BCUT2D eigenvalue weighted by atomic mass is 19.1. The molecule has 0 atom stereocenters. The van der Waals surface area contributed by atoms with Gasteiger partial charge in [-0.05, 0) is 31.0 Å². The molecular formula is C9H11FN2. The Kier molecular flexibility index (Phi) is 1.64. The van der Waals surface area contributed by atoms with Crippen molar-refractivity contribution in [3.8, 4) is 0 Å². The summed E-state index contributed by atoms with van der Waals surface area (Å²) in [5, 5.41) is 3.24. The van der Waals surface area contributed by atoms with Crippen molar-refractivity contribution in [3.05, 3.63) is 24.0 Å². The predicted octanol–water partition coefficient (Wildman–Crippen LogP) is 1.98. The number of halogens is 1. The Bertz CT molecular complexity index is 295. The van der Waals surface area contributed by atoms with Crippen molar-refractivity contribution in [1.82, 2.24) is 0 Å². The van der Waals surface area contributed by atoms with Gasteiger partial charge in [-0.25, -0.2) is 4.39 Å². The van der Waals surface area contributed by atoms with Gasteiger partial charge in [-0.1, -0.05) is 0 Å². The molecular weight excluding hydrogens is 155 g/mol. The Morgan fingerprint density at radius 3 is 2.75 bits per heavy atom.